The molecule has 0 aromatic heterocycles. The number of benzene rings is 2. The minimum atomic E-state index is -0.260. The van der Waals surface area contributed by atoms with Crippen LogP contribution in [0.5, 0.6) is 0 Å². The van der Waals surface area contributed by atoms with Crippen LogP contribution in [-0.4, -0.2) is 25.5 Å². The lowest BCUT2D eigenvalue weighted by Crippen LogP contribution is -2.36. The number of amides is 1. The van der Waals surface area contributed by atoms with Gasteiger partial charge in [-0.3, -0.25) is 4.79 Å². The van der Waals surface area contributed by atoms with E-state index in [0.29, 0.717) is 6.54 Å². The molecule has 0 aliphatic carbocycles. The van der Waals surface area contributed by atoms with Gasteiger partial charge in [-0.25, -0.2) is 0 Å². The summed E-state index contributed by atoms with van der Waals surface area (Å²) >= 11 is 0. The summed E-state index contributed by atoms with van der Waals surface area (Å²) in [5.41, 5.74) is 5.29. The summed E-state index contributed by atoms with van der Waals surface area (Å²) in [6.07, 6.45) is 3.39. The maximum absolute atomic E-state index is 13.0. The van der Waals surface area contributed by atoms with Gasteiger partial charge in [-0.15, -0.1) is 0 Å². The summed E-state index contributed by atoms with van der Waals surface area (Å²) in [6, 6.07) is 16.2. The van der Waals surface area contributed by atoms with Crippen molar-refractivity contribution in [3.8, 4) is 6.07 Å². The van der Waals surface area contributed by atoms with Crippen molar-refractivity contribution in [2.45, 2.75) is 33.6 Å². The molecule has 0 saturated carbocycles. The topological polar surface area (TPSA) is 59.4 Å². The number of rotatable bonds is 6. The van der Waals surface area contributed by atoms with Crippen LogP contribution in [-0.2, 0) is 11.2 Å². The Morgan fingerprint density at radius 3 is 2.69 bits per heavy atom. The largest absolute Gasteiger partial charge is 0.372 e. The van der Waals surface area contributed by atoms with Crippen LogP contribution in [0.4, 0.5) is 17.1 Å². The number of nitrogens with one attached hydrogen (secondary N) is 1. The molecule has 1 amide bonds. The molecule has 0 bridgehead atoms. The minimum absolute atomic E-state index is 0.105. The number of carbonyl (C=O) groups excluding carboxylic acids is 1. The van der Waals surface area contributed by atoms with E-state index in [0.717, 1.165) is 48.4 Å². The third-order valence-electron chi connectivity index (χ3n) is 5.42. The zero-order valence-corrected chi connectivity index (χ0v) is 17.4. The monoisotopic (exact) mass is 388 g/mol. The van der Waals surface area contributed by atoms with Crippen LogP contribution in [0.2, 0.25) is 0 Å². The van der Waals surface area contributed by atoms with Crippen molar-refractivity contribution < 1.29 is 4.79 Å². The molecule has 3 rings (SSSR count). The van der Waals surface area contributed by atoms with Crippen molar-refractivity contribution in [2.24, 2.45) is 0 Å². The maximum Gasteiger partial charge on any atom is 0.270 e. The van der Waals surface area contributed by atoms with Crippen molar-refractivity contribution in [3.05, 3.63) is 65.4 Å². The molecule has 5 nitrogen and oxygen atoms in total. The Morgan fingerprint density at radius 2 is 2.00 bits per heavy atom. The zero-order chi connectivity index (χ0) is 20.8. The molecule has 1 aliphatic rings. The number of anilines is 3. The summed E-state index contributed by atoms with van der Waals surface area (Å²) in [4.78, 5) is 17.0. The third kappa shape index (κ3) is 4.43. The van der Waals surface area contributed by atoms with Crippen molar-refractivity contribution >= 4 is 23.0 Å². The Morgan fingerprint density at radius 1 is 1.24 bits per heavy atom. The average molecular weight is 389 g/mol. The van der Waals surface area contributed by atoms with Gasteiger partial charge in [0.25, 0.3) is 5.91 Å². The van der Waals surface area contributed by atoms with Gasteiger partial charge in [-0.2, -0.15) is 5.26 Å². The molecular formula is C24H28N4O. The lowest BCUT2D eigenvalue weighted by molar-refractivity contribution is -0.114. The van der Waals surface area contributed by atoms with Crippen LogP contribution in [0.3, 0.4) is 0 Å². The number of nitrogens with zero attached hydrogens (tertiary/aromatic N) is 3. The van der Waals surface area contributed by atoms with Crippen molar-refractivity contribution in [2.75, 3.05) is 34.8 Å². The number of hydrogen-bond donors (Lipinski definition) is 1. The van der Waals surface area contributed by atoms with Gasteiger partial charge in [0.2, 0.25) is 0 Å². The lowest BCUT2D eigenvalue weighted by Gasteiger charge is -2.29. The van der Waals surface area contributed by atoms with Gasteiger partial charge in [0.1, 0.15) is 11.6 Å². The minimum Gasteiger partial charge on any atom is -0.372 e. The molecule has 29 heavy (non-hydrogen) atoms. The van der Waals surface area contributed by atoms with Crippen molar-refractivity contribution in [1.82, 2.24) is 0 Å². The van der Waals surface area contributed by atoms with Gasteiger partial charge in [0.15, 0.2) is 0 Å². The van der Waals surface area contributed by atoms with Crippen LogP contribution in [0, 0.1) is 18.3 Å². The highest BCUT2D eigenvalue weighted by Gasteiger charge is 2.24. The van der Waals surface area contributed by atoms with Gasteiger partial charge in [-0.05, 0) is 69.0 Å². The molecule has 0 fully saturated rings. The highest BCUT2D eigenvalue weighted by atomic mass is 16.2. The number of fused-ring (bicyclic) bond motifs is 1. The summed E-state index contributed by atoms with van der Waals surface area (Å²) in [5, 5.41) is 12.8. The molecule has 0 unspecified atom stereocenters. The predicted octanol–water partition coefficient (Wildman–Crippen LogP) is 4.64. The van der Waals surface area contributed by atoms with Crippen LogP contribution in [0.25, 0.3) is 0 Å². The average Bonchev–Trinajstić information content (AvgIpc) is 2.75. The molecule has 2 aromatic rings. The predicted molar refractivity (Wildman–Crippen MR) is 119 cm³/mol. The standard InChI is InChI=1S/C24H28N4O/c1-4-27(5-2)21-12-13-22(18(3)15-21)26-17-20(16-25)24(29)28-14-8-10-19-9-6-7-11-23(19)28/h6-7,9,11-13,15,17,26H,4-5,8,10,14H2,1-3H3/b20-17-. The second-order valence-corrected chi connectivity index (χ2v) is 7.17. The normalized spacial score (nSPS) is 13.4. The summed E-state index contributed by atoms with van der Waals surface area (Å²) in [7, 11) is 0. The van der Waals surface area contributed by atoms with Gasteiger partial charge in [0, 0.05) is 42.9 Å². The lowest BCUT2D eigenvalue weighted by atomic mass is 10.0. The molecule has 0 spiro atoms. The highest BCUT2D eigenvalue weighted by molar-refractivity contribution is 6.09. The third-order valence-corrected chi connectivity index (χ3v) is 5.42. The van der Waals surface area contributed by atoms with Crippen LogP contribution >= 0.6 is 0 Å². The summed E-state index contributed by atoms with van der Waals surface area (Å²) in [5.74, 6) is -0.260. The van der Waals surface area contributed by atoms with E-state index in [-0.39, 0.29) is 11.5 Å². The Balaban J connectivity index is 1.79. The molecule has 1 N–H and O–H groups in total. The smallest absolute Gasteiger partial charge is 0.270 e. The molecule has 5 heteroatoms. The quantitative estimate of drug-likeness (QED) is 0.578. The molecule has 0 saturated heterocycles. The molecule has 0 atom stereocenters. The van der Waals surface area contributed by atoms with E-state index < -0.39 is 0 Å². The maximum atomic E-state index is 13.0. The van der Waals surface area contributed by atoms with Crippen LogP contribution in [0.1, 0.15) is 31.4 Å². The Labute approximate surface area is 173 Å². The first kappa shape index (κ1) is 20.5. The van der Waals surface area contributed by atoms with E-state index in [1.54, 1.807) is 4.90 Å². The van der Waals surface area contributed by atoms with E-state index in [2.05, 4.69) is 42.3 Å². The van der Waals surface area contributed by atoms with Crippen molar-refractivity contribution in [3.63, 3.8) is 0 Å². The Hall–Kier alpha value is -3.26. The van der Waals surface area contributed by atoms with E-state index in [1.807, 2.05) is 37.3 Å². The van der Waals surface area contributed by atoms with Gasteiger partial charge in [-0.1, -0.05) is 18.2 Å². The highest BCUT2D eigenvalue weighted by Crippen LogP contribution is 2.28. The van der Waals surface area contributed by atoms with E-state index in [4.69, 9.17) is 0 Å². The first-order valence-electron chi connectivity index (χ1n) is 10.2. The second-order valence-electron chi connectivity index (χ2n) is 7.17. The first-order valence-corrected chi connectivity index (χ1v) is 10.2. The fraction of sp³-hybridized carbons (Fsp3) is 0.333. The van der Waals surface area contributed by atoms with Crippen LogP contribution < -0.4 is 15.1 Å². The Bertz CT molecular complexity index is 954. The number of para-hydroxylation sites is 1. The molecule has 1 heterocycles. The molecule has 1 aliphatic heterocycles. The van der Waals surface area contributed by atoms with Crippen LogP contribution in [0.15, 0.2) is 54.2 Å². The number of hydrogen-bond acceptors (Lipinski definition) is 4. The van der Waals surface area contributed by atoms with Gasteiger partial charge >= 0.3 is 0 Å². The molecule has 0 radical (unpaired) electrons. The summed E-state index contributed by atoms with van der Waals surface area (Å²) in [6.45, 7) is 8.83. The Kier molecular flexibility index (Phi) is 6.56. The first-order chi connectivity index (χ1) is 14.1. The fourth-order valence-corrected chi connectivity index (χ4v) is 3.78. The molecule has 2 aromatic carbocycles. The van der Waals surface area contributed by atoms with Gasteiger partial charge in [0.05, 0.1) is 0 Å². The molecular weight excluding hydrogens is 360 g/mol. The SMILES string of the molecule is CCN(CC)c1ccc(N/C=C(/C#N)C(=O)N2CCCc3ccccc32)c(C)c1. The van der Waals surface area contributed by atoms with Gasteiger partial charge < -0.3 is 15.1 Å². The number of nitriles is 1. The summed E-state index contributed by atoms with van der Waals surface area (Å²) < 4.78 is 0. The van der Waals surface area contributed by atoms with E-state index in [1.165, 1.54) is 11.9 Å². The fourth-order valence-electron chi connectivity index (χ4n) is 3.78. The zero-order valence-electron chi connectivity index (χ0n) is 17.4. The van der Waals surface area contributed by atoms with E-state index >= 15 is 0 Å². The number of aryl methyl sites for hydroxylation is 2. The molecule has 150 valence electrons. The number of carbonyl (C=O) groups is 1. The second kappa shape index (κ2) is 9.29. The van der Waals surface area contributed by atoms with Crippen molar-refractivity contribution in [1.29, 1.82) is 5.26 Å². The van der Waals surface area contributed by atoms with E-state index in [9.17, 15) is 10.1 Å².